The fourth-order valence-electron chi connectivity index (χ4n) is 2.77. The van der Waals surface area contributed by atoms with Gasteiger partial charge in [0.05, 0.1) is 11.7 Å². The minimum atomic E-state index is -0.185. The molecular formula is C17H27FN4O. The van der Waals surface area contributed by atoms with Gasteiger partial charge < -0.3 is 15.1 Å². The standard InChI is InChI=1S/C17H27FN4O/c1-14(17(23)19-8-9-20(2)3)21-10-12-22(13-11-21)16-7-5-4-6-15(16)18/h4-7,14H,8-13H2,1-3H3,(H,19,23)/t14-/m1/s1. The molecule has 1 aliphatic heterocycles. The maximum absolute atomic E-state index is 13.8. The van der Waals surface area contributed by atoms with Crippen molar-refractivity contribution in [2.75, 3.05) is 58.3 Å². The molecule has 1 aromatic carbocycles. The van der Waals surface area contributed by atoms with Crippen LogP contribution in [0.2, 0.25) is 0 Å². The molecule has 0 radical (unpaired) electrons. The summed E-state index contributed by atoms with van der Waals surface area (Å²) in [6, 6.07) is 6.70. The number of benzene rings is 1. The van der Waals surface area contributed by atoms with Crippen LogP contribution in [0.1, 0.15) is 6.92 Å². The average Bonchev–Trinajstić information content (AvgIpc) is 2.54. The third kappa shape index (κ3) is 4.91. The van der Waals surface area contributed by atoms with Crippen LogP contribution in [0.15, 0.2) is 24.3 Å². The van der Waals surface area contributed by atoms with E-state index in [4.69, 9.17) is 0 Å². The van der Waals surface area contributed by atoms with Crippen LogP contribution in [0.4, 0.5) is 10.1 Å². The molecule has 6 heteroatoms. The summed E-state index contributed by atoms with van der Waals surface area (Å²) >= 11 is 0. The number of anilines is 1. The third-order valence-electron chi connectivity index (χ3n) is 4.29. The average molecular weight is 322 g/mol. The van der Waals surface area contributed by atoms with Gasteiger partial charge in [-0.2, -0.15) is 0 Å². The summed E-state index contributed by atoms with van der Waals surface area (Å²) in [5.74, 6) is -0.124. The lowest BCUT2D eigenvalue weighted by Crippen LogP contribution is -2.54. The number of likely N-dealkylation sites (N-methyl/N-ethyl adjacent to an activating group) is 1. The molecule has 1 aromatic rings. The Morgan fingerprint density at radius 2 is 1.91 bits per heavy atom. The molecule has 1 aliphatic rings. The van der Waals surface area contributed by atoms with E-state index < -0.39 is 0 Å². The van der Waals surface area contributed by atoms with Crippen LogP contribution in [-0.2, 0) is 4.79 Å². The molecule has 1 atom stereocenters. The largest absolute Gasteiger partial charge is 0.367 e. The van der Waals surface area contributed by atoms with Gasteiger partial charge in [-0.1, -0.05) is 12.1 Å². The highest BCUT2D eigenvalue weighted by Crippen LogP contribution is 2.20. The van der Waals surface area contributed by atoms with E-state index >= 15 is 0 Å². The van der Waals surface area contributed by atoms with Gasteiger partial charge >= 0.3 is 0 Å². The molecule has 0 aliphatic carbocycles. The predicted octanol–water partition coefficient (Wildman–Crippen LogP) is 1.01. The van der Waals surface area contributed by atoms with Gasteiger partial charge in [-0.15, -0.1) is 0 Å². The van der Waals surface area contributed by atoms with Gasteiger partial charge in [-0.3, -0.25) is 9.69 Å². The van der Waals surface area contributed by atoms with Gasteiger partial charge in [0, 0.05) is 39.3 Å². The zero-order chi connectivity index (χ0) is 16.8. The van der Waals surface area contributed by atoms with Gasteiger partial charge in [0.1, 0.15) is 5.82 Å². The molecule has 0 spiro atoms. The minimum Gasteiger partial charge on any atom is -0.367 e. The second-order valence-electron chi connectivity index (χ2n) is 6.24. The maximum Gasteiger partial charge on any atom is 0.237 e. The van der Waals surface area contributed by atoms with E-state index in [9.17, 15) is 9.18 Å². The van der Waals surface area contributed by atoms with E-state index in [1.807, 2.05) is 43.0 Å². The number of carbonyl (C=O) groups excluding carboxylic acids is 1. The molecule has 0 bridgehead atoms. The number of rotatable bonds is 6. The summed E-state index contributed by atoms with van der Waals surface area (Å²) in [5.41, 5.74) is 0.648. The number of nitrogens with zero attached hydrogens (tertiary/aromatic N) is 3. The Morgan fingerprint density at radius 1 is 1.26 bits per heavy atom. The Balaban J connectivity index is 1.81. The second-order valence-corrected chi connectivity index (χ2v) is 6.24. The van der Waals surface area contributed by atoms with Crippen LogP contribution in [-0.4, -0.2) is 75.1 Å². The van der Waals surface area contributed by atoms with Crippen molar-refractivity contribution in [1.82, 2.24) is 15.1 Å². The highest BCUT2D eigenvalue weighted by molar-refractivity contribution is 5.81. The van der Waals surface area contributed by atoms with Crippen molar-refractivity contribution in [2.45, 2.75) is 13.0 Å². The molecule has 1 saturated heterocycles. The molecule has 0 unspecified atom stereocenters. The lowest BCUT2D eigenvalue weighted by atomic mass is 10.2. The van der Waals surface area contributed by atoms with E-state index in [0.717, 1.165) is 32.7 Å². The molecule has 23 heavy (non-hydrogen) atoms. The molecule has 0 aromatic heterocycles. The van der Waals surface area contributed by atoms with Gasteiger partial charge in [-0.05, 0) is 33.2 Å². The topological polar surface area (TPSA) is 38.8 Å². The van der Waals surface area contributed by atoms with Crippen molar-refractivity contribution in [1.29, 1.82) is 0 Å². The monoisotopic (exact) mass is 322 g/mol. The lowest BCUT2D eigenvalue weighted by molar-refractivity contribution is -0.126. The van der Waals surface area contributed by atoms with Crippen molar-refractivity contribution in [3.05, 3.63) is 30.1 Å². The summed E-state index contributed by atoms with van der Waals surface area (Å²) in [4.78, 5) is 18.4. The smallest absolute Gasteiger partial charge is 0.237 e. The second kappa shape index (κ2) is 8.26. The van der Waals surface area contributed by atoms with E-state index in [2.05, 4.69) is 10.2 Å². The number of nitrogens with one attached hydrogen (secondary N) is 1. The van der Waals surface area contributed by atoms with Gasteiger partial charge in [0.15, 0.2) is 0 Å². The first-order chi connectivity index (χ1) is 11.0. The van der Waals surface area contributed by atoms with Crippen LogP contribution < -0.4 is 10.2 Å². The Labute approximate surface area is 138 Å². The Hall–Kier alpha value is -1.66. The SMILES string of the molecule is C[C@H](C(=O)NCCN(C)C)N1CCN(c2ccccc2F)CC1. The molecule has 1 amide bonds. The quantitative estimate of drug-likeness (QED) is 0.849. The summed E-state index contributed by atoms with van der Waals surface area (Å²) in [6.45, 7) is 6.41. The zero-order valence-electron chi connectivity index (χ0n) is 14.3. The van der Waals surface area contributed by atoms with E-state index in [0.29, 0.717) is 12.2 Å². The number of carbonyl (C=O) groups is 1. The van der Waals surface area contributed by atoms with Gasteiger partial charge in [0.2, 0.25) is 5.91 Å². The molecule has 0 saturated carbocycles. The molecule has 1 heterocycles. The molecule has 2 rings (SSSR count). The molecule has 1 fully saturated rings. The third-order valence-corrected chi connectivity index (χ3v) is 4.29. The number of para-hydroxylation sites is 1. The van der Waals surface area contributed by atoms with Crippen molar-refractivity contribution in [3.8, 4) is 0 Å². The molecule has 128 valence electrons. The maximum atomic E-state index is 13.8. The number of amides is 1. The summed E-state index contributed by atoms with van der Waals surface area (Å²) in [6.07, 6.45) is 0. The normalized spacial score (nSPS) is 17.3. The highest BCUT2D eigenvalue weighted by atomic mass is 19.1. The fraction of sp³-hybridized carbons (Fsp3) is 0.588. The van der Waals surface area contributed by atoms with Crippen LogP contribution in [0.3, 0.4) is 0 Å². The van der Waals surface area contributed by atoms with E-state index in [1.54, 1.807) is 6.07 Å². The summed E-state index contributed by atoms with van der Waals surface area (Å²) in [5, 5.41) is 2.97. The summed E-state index contributed by atoms with van der Waals surface area (Å²) < 4.78 is 13.8. The molecule has 1 N–H and O–H groups in total. The Morgan fingerprint density at radius 3 is 2.52 bits per heavy atom. The molecule has 5 nitrogen and oxygen atoms in total. The number of halogens is 1. The first-order valence-electron chi connectivity index (χ1n) is 8.15. The number of hydrogen-bond donors (Lipinski definition) is 1. The predicted molar refractivity (Wildman–Crippen MR) is 91.2 cm³/mol. The van der Waals surface area contributed by atoms with Crippen molar-refractivity contribution in [2.24, 2.45) is 0 Å². The fourth-order valence-corrected chi connectivity index (χ4v) is 2.77. The number of hydrogen-bond acceptors (Lipinski definition) is 4. The van der Waals surface area contributed by atoms with E-state index in [-0.39, 0.29) is 17.8 Å². The Bertz CT molecular complexity index is 515. The molecular weight excluding hydrogens is 295 g/mol. The minimum absolute atomic E-state index is 0.0613. The van der Waals surface area contributed by atoms with Crippen molar-refractivity contribution in [3.63, 3.8) is 0 Å². The highest BCUT2D eigenvalue weighted by Gasteiger charge is 2.26. The van der Waals surface area contributed by atoms with Crippen LogP contribution >= 0.6 is 0 Å². The first kappa shape index (κ1) is 17.7. The van der Waals surface area contributed by atoms with Crippen molar-refractivity contribution < 1.29 is 9.18 Å². The van der Waals surface area contributed by atoms with Crippen LogP contribution in [0, 0.1) is 5.82 Å². The van der Waals surface area contributed by atoms with Crippen molar-refractivity contribution >= 4 is 11.6 Å². The zero-order valence-corrected chi connectivity index (χ0v) is 14.3. The van der Waals surface area contributed by atoms with E-state index in [1.165, 1.54) is 6.07 Å². The number of piperazine rings is 1. The first-order valence-corrected chi connectivity index (χ1v) is 8.15. The summed E-state index contributed by atoms with van der Waals surface area (Å²) in [7, 11) is 3.97. The lowest BCUT2D eigenvalue weighted by Gasteiger charge is -2.38. The van der Waals surface area contributed by atoms with Gasteiger partial charge in [-0.25, -0.2) is 4.39 Å². The Kier molecular flexibility index (Phi) is 6.36. The van der Waals surface area contributed by atoms with Crippen LogP contribution in [0.5, 0.6) is 0 Å². The van der Waals surface area contributed by atoms with Gasteiger partial charge in [0.25, 0.3) is 0 Å². The van der Waals surface area contributed by atoms with Crippen LogP contribution in [0.25, 0.3) is 0 Å².